The van der Waals surface area contributed by atoms with Gasteiger partial charge in [0.15, 0.2) is 17.5 Å². The monoisotopic (exact) mass is 712 g/mol. The lowest BCUT2D eigenvalue weighted by Gasteiger charge is -2.30. The Bertz CT molecular complexity index is 3080. The van der Waals surface area contributed by atoms with Crippen LogP contribution in [0.15, 0.2) is 194 Å². The number of para-hydroxylation sites is 2. The Hall–Kier alpha value is -7.43. The first kappa shape index (κ1) is 31.0. The number of aromatic nitrogens is 4. The molecule has 0 saturated heterocycles. The largest absolute Gasteiger partial charge is 0.309 e. The van der Waals surface area contributed by atoms with E-state index in [0.717, 1.165) is 22.4 Å². The summed E-state index contributed by atoms with van der Waals surface area (Å²) < 4.78 is 2.42. The second-order valence-electron chi connectivity index (χ2n) is 14.7. The lowest BCUT2D eigenvalue weighted by molar-refractivity contribution is 0.794. The highest BCUT2D eigenvalue weighted by Gasteiger charge is 2.53. The van der Waals surface area contributed by atoms with Crippen LogP contribution in [-0.2, 0) is 5.41 Å². The second kappa shape index (κ2) is 11.8. The number of hydrogen-bond acceptors (Lipinski definition) is 3. The van der Waals surface area contributed by atoms with Gasteiger partial charge in [0.25, 0.3) is 0 Å². The zero-order valence-electron chi connectivity index (χ0n) is 30.3. The van der Waals surface area contributed by atoms with Crippen molar-refractivity contribution in [2.45, 2.75) is 5.41 Å². The molecule has 0 radical (unpaired) electrons. The molecule has 0 bridgehead atoms. The van der Waals surface area contributed by atoms with E-state index in [0.29, 0.717) is 17.5 Å². The van der Waals surface area contributed by atoms with Crippen molar-refractivity contribution in [2.24, 2.45) is 0 Å². The molecule has 0 unspecified atom stereocenters. The Morgan fingerprint density at radius 1 is 0.339 bits per heavy atom. The van der Waals surface area contributed by atoms with Crippen LogP contribution in [-0.4, -0.2) is 19.5 Å². The highest BCUT2D eigenvalue weighted by atomic mass is 15.0. The van der Waals surface area contributed by atoms with E-state index in [4.69, 9.17) is 15.0 Å². The highest BCUT2D eigenvalue weighted by molar-refractivity contribution is 6.20. The van der Waals surface area contributed by atoms with E-state index in [1.807, 2.05) is 36.4 Å². The smallest absolute Gasteiger partial charge is 0.164 e. The van der Waals surface area contributed by atoms with Gasteiger partial charge >= 0.3 is 0 Å². The predicted molar refractivity (Wildman–Crippen MR) is 227 cm³/mol. The van der Waals surface area contributed by atoms with E-state index in [2.05, 4.69) is 162 Å². The molecule has 2 aromatic heterocycles. The van der Waals surface area contributed by atoms with Crippen molar-refractivity contribution in [1.29, 1.82) is 0 Å². The number of benzene rings is 8. The molecular weight excluding hydrogens is 681 g/mol. The van der Waals surface area contributed by atoms with Crippen LogP contribution in [0.1, 0.15) is 22.3 Å². The summed E-state index contributed by atoms with van der Waals surface area (Å²) in [6, 6.07) is 69.5. The SMILES string of the molecule is c1ccc(-c2nc(-c3ccccc3)nc(-c3cccc4c3-c3c(ccc5c3c3ccccc3n5-c3ccccc3)C43c4ccccc4-c4ccccc43)n2)cc1. The quantitative estimate of drug-likeness (QED) is 0.182. The van der Waals surface area contributed by atoms with Crippen LogP contribution >= 0.6 is 0 Å². The third kappa shape index (κ3) is 4.15. The van der Waals surface area contributed by atoms with Gasteiger partial charge in [0, 0.05) is 33.2 Å². The van der Waals surface area contributed by atoms with Crippen LogP contribution in [0.25, 0.3) is 83.9 Å². The molecule has 0 N–H and O–H groups in total. The maximum absolute atomic E-state index is 5.32. The number of nitrogens with zero attached hydrogens (tertiary/aromatic N) is 4. The average Bonchev–Trinajstić information content (AvgIpc) is 3.89. The van der Waals surface area contributed by atoms with Gasteiger partial charge in [-0.1, -0.05) is 170 Å². The van der Waals surface area contributed by atoms with Crippen LogP contribution < -0.4 is 0 Å². The van der Waals surface area contributed by atoms with Gasteiger partial charge in [0.05, 0.1) is 16.4 Å². The topological polar surface area (TPSA) is 43.6 Å². The van der Waals surface area contributed by atoms with Crippen molar-refractivity contribution in [2.75, 3.05) is 0 Å². The van der Waals surface area contributed by atoms with Crippen LogP contribution in [0.5, 0.6) is 0 Å². The maximum atomic E-state index is 5.32. The van der Waals surface area contributed by atoms with Gasteiger partial charge in [-0.2, -0.15) is 0 Å². The van der Waals surface area contributed by atoms with Gasteiger partial charge in [-0.05, 0) is 68.8 Å². The van der Waals surface area contributed by atoms with Crippen LogP contribution in [0, 0.1) is 0 Å². The number of hydrogen-bond donors (Lipinski definition) is 0. The summed E-state index contributed by atoms with van der Waals surface area (Å²) in [7, 11) is 0. The first-order valence-corrected chi connectivity index (χ1v) is 19.1. The van der Waals surface area contributed by atoms with Crippen molar-refractivity contribution in [3.63, 3.8) is 0 Å². The Kier molecular flexibility index (Phi) is 6.52. The third-order valence-corrected chi connectivity index (χ3v) is 11.9. The Morgan fingerprint density at radius 2 is 0.839 bits per heavy atom. The molecule has 1 spiro atoms. The molecule has 56 heavy (non-hydrogen) atoms. The summed E-state index contributed by atoms with van der Waals surface area (Å²) in [4.78, 5) is 15.7. The van der Waals surface area contributed by atoms with Crippen molar-refractivity contribution in [3.05, 3.63) is 216 Å². The summed E-state index contributed by atoms with van der Waals surface area (Å²) in [6.45, 7) is 0. The van der Waals surface area contributed by atoms with Crippen LogP contribution in [0.2, 0.25) is 0 Å². The van der Waals surface area contributed by atoms with Crippen LogP contribution in [0.3, 0.4) is 0 Å². The zero-order valence-corrected chi connectivity index (χ0v) is 30.3. The molecule has 260 valence electrons. The van der Waals surface area contributed by atoms with Crippen molar-refractivity contribution < 1.29 is 0 Å². The van der Waals surface area contributed by atoms with E-state index in [1.54, 1.807) is 0 Å². The predicted octanol–water partition coefficient (Wildman–Crippen LogP) is 12.3. The van der Waals surface area contributed by atoms with Gasteiger partial charge in [-0.25, -0.2) is 15.0 Å². The fourth-order valence-electron chi connectivity index (χ4n) is 9.70. The van der Waals surface area contributed by atoms with Crippen molar-refractivity contribution in [1.82, 2.24) is 19.5 Å². The molecule has 2 aliphatic carbocycles. The van der Waals surface area contributed by atoms with Crippen molar-refractivity contribution in [3.8, 4) is 62.1 Å². The van der Waals surface area contributed by atoms with Crippen LogP contribution in [0.4, 0.5) is 0 Å². The molecule has 8 aromatic carbocycles. The first-order chi connectivity index (χ1) is 27.8. The van der Waals surface area contributed by atoms with E-state index in [9.17, 15) is 0 Å². The molecule has 0 fully saturated rings. The van der Waals surface area contributed by atoms with Gasteiger partial charge in [0.2, 0.25) is 0 Å². The van der Waals surface area contributed by atoms with Gasteiger partial charge in [0.1, 0.15) is 0 Å². The standard InChI is InChI=1S/C52H32N4/c1-4-17-33(18-5-1)49-53-50(34-19-6-2-7-20-34)55-51(54-49)39-26-16-29-42-46(39)48-43(52(42)40-27-13-10-23-36(40)37-24-11-14-28-41(37)52)31-32-45-47(48)38-25-12-15-30-44(38)56(45)35-21-8-3-9-22-35/h1-32H. The van der Waals surface area contributed by atoms with Gasteiger partial charge < -0.3 is 4.57 Å². The fourth-order valence-corrected chi connectivity index (χ4v) is 9.70. The third-order valence-electron chi connectivity index (χ3n) is 11.9. The summed E-state index contributed by atoms with van der Waals surface area (Å²) in [5.74, 6) is 1.95. The molecule has 0 amide bonds. The van der Waals surface area contributed by atoms with Crippen molar-refractivity contribution >= 4 is 21.8 Å². The lowest BCUT2D eigenvalue weighted by Crippen LogP contribution is -2.25. The Balaban J connectivity index is 1.26. The average molecular weight is 713 g/mol. The molecular formula is C52H32N4. The molecule has 0 aliphatic heterocycles. The van der Waals surface area contributed by atoms with E-state index >= 15 is 0 Å². The molecule has 0 atom stereocenters. The molecule has 2 aliphatic rings. The summed E-state index contributed by atoms with van der Waals surface area (Å²) in [5.41, 5.74) is 15.9. The molecule has 10 aromatic rings. The zero-order chi connectivity index (χ0) is 36.8. The first-order valence-electron chi connectivity index (χ1n) is 19.1. The van der Waals surface area contributed by atoms with Gasteiger partial charge in [-0.3, -0.25) is 0 Å². The minimum atomic E-state index is -0.546. The van der Waals surface area contributed by atoms with E-state index < -0.39 is 5.41 Å². The van der Waals surface area contributed by atoms with Gasteiger partial charge in [-0.15, -0.1) is 0 Å². The molecule has 4 heteroatoms. The highest BCUT2D eigenvalue weighted by Crippen LogP contribution is 2.65. The minimum absolute atomic E-state index is 0.546. The Morgan fingerprint density at radius 3 is 1.50 bits per heavy atom. The summed E-state index contributed by atoms with van der Waals surface area (Å²) in [5, 5.41) is 2.45. The fraction of sp³-hybridized carbons (Fsp3) is 0.0192. The maximum Gasteiger partial charge on any atom is 0.164 e. The molecule has 4 nitrogen and oxygen atoms in total. The second-order valence-corrected chi connectivity index (χ2v) is 14.7. The molecule has 12 rings (SSSR count). The lowest BCUT2D eigenvalue weighted by atomic mass is 9.70. The van der Waals surface area contributed by atoms with E-state index in [1.165, 1.54) is 66.3 Å². The minimum Gasteiger partial charge on any atom is -0.309 e. The number of fused-ring (bicyclic) bond motifs is 14. The summed E-state index contributed by atoms with van der Waals surface area (Å²) >= 11 is 0. The Labute approximate surface area is 324 Å². The molecule has 0 saturated carbocycles. The number of rotatable bonds is 4. The van der Waals surface area contributed by atoms with E-state index in [-0.39, 0.29) is 0 Å². The molecule has 2 heterocycles. The normalized spacial score (nSPS) is 13.1. The summed E-state index contributed by atoms with van der Waals surface area (Å²) in [6.07, 6.45) is 0.